The fourth-order valence-electron chi connectivity index (χ4n) is 2.34. The van der Waals surface area contributed by atoms with E-state index in [1.807, 2.05) is 22.8 Å². The predicted molar refractivity (Wildman–Crippen MR) is 72.0 cm³/mol. The van der Waals surface area contributed by atoms with Gasteiger partial charge in [0.15, 0.2) is 0 Å². The lowest BCUT2D eigenvalue weighted by molar-refractivity contribution is -0.126. The molecule has 1 aliphatic rings. The Morgan fingerprint density at radius 2 is 1.95 bits per heavy atom. The van der Waals surface area contributed by atoms with Crippen LogP contribution in [0.4, 0.5) is 10.1 Å². The minimum absolute atomic E-state index is 0.195. The van der Waals surface area contributed by atoms with Crippen molar-refractivity contribution < 1.29 is 9.18 Å². The van der Waals surface area contributed by atoms with Gasteiger partial charge in [0, 0.05) is 26.2 Å². The molecular weight excluding hydrogens is 247 g/mol. The molecule has 1 fully saturated rings. The van der Waals surface area contributed by atoms with E-state index in [9.17, 15) is 9.18 Å². The van der Waals surface area contributed by atoms with E-state index in [0.29, 0.717) is 31.9 Å². The topological polar surface area (TPSA) is 61.6 Å². The number of benzene rings is 1. The summed E-state index contributed by atoms with van der Waals surface area (Å²) in [7, 11) is 0. The van der Waals surface area contributed by atoms with Crippen molar-refractivity contribution in [3.63, 3.8) is 0 Å². The zero-order valence-electron chi connectivity index (χ0n) is 11.0. The Bertz CT molecular complexity index is 446. The Balaban J connectivity index is 1.96. The van der Waals surface area contributed by atoms with Crippen LogP contribution in [0.5, 0.6) is 0 Å². The number of halogens is 1. The summed E-state index contributed by atoms with van der Waals surface area (Å²) in [6.45, 7) is 4.64. The molecule has 1 aromatic carbocycles. The fourth-order valence-corrected chi connectivity index (χ4v) is 2.34. The summed E-state index contributed by atoms with van der Waals surface area (Å²) in [6.07, 6.45) is 0. The molecule has 1 saturated heterocycles. The van der Waals surface area contributed by atoms with Gasteiger partial charge in [-0.25, -0.2) is 10.2 Å². The number of anilines is 1. The molecule has 1 aliphatic heterocycles. The van der Waals surface area contributed by atoms with Crippen molar-refractivity contribution in [1.29, 1.82) is 0 Å². The molecule has 1 atom stereocenters. The maximum Gasteiger partial charge on any atom is 0.250 e. The van der Waals surface area contributed by atoms with E-state index in [-0.39, 0.29) is 17.8 Å². The number of carbonyl (C=O) groups is 1. The lowest BCUT2D eigenvalue weighted by Gasteiger charge is -2.38. The number of carbonyl (C=O) groups excluding carboxylic acids is 1. The minimum atomic E-state index is -0.257. The Kier molecular flexibility index (Phi) is 4.34. The van der Waals surface area contributed by atoms with Crippen LogP contribution >= 0.6 is 0 Å². The molecule has 1 aromatic rings. The lowest BCUT2D eigenvalue weighted by atomic mass is 10.2. The molecule has 1 unspecified atom stereocenters. The third-order valence-electron chi connectivity index (χ3n) is 3.58. The fraction of sp³-hybridized carbons (Fsp3) is 0.462. The number of amides is 1. The first-order valence-electron chi connectivity index (χ1n) is 6.37. The molecule has 0 spiro atoms. The zero-order valence-corrected chi connectivity index (χ0v) is 11.0. The van der Waals surface area contributed by atoms with E-state index in [1.165, 1.54) is 6.07 Å². The van der Waals surface area contributed by atoms with Gasteiger partial charge in [-0.05, 0) is 19.1 Å². The van der Waals surface area contributed by atoms with Crippen LogP contribution in [-0.4, -0.2) is 43.0 Å². The van der Waals surface area contributed by atoms with Crippen molar-refractivity contribution >= 4 is 11.6 Å². The van der Waals surface area contributed by atoms with Gasteiger partial charge in [0.1, 0.15) is 5.82 Å². The van der Waals surface area contributed by atoms with Crippen LogP contribution in [0.3, 0.4) is 0 Å². The second-order valence-electron chi connectivity index (χ2n) is 4.66. The molecule has 1 heterocycles. The summed E-state index contributed by atoms with van der Waals surface area (Å²) in [5, 5.41) is 0. The van der Waals surface area contributed by atoms with Gasteiger partial charge >= 0.3 is 0 Å². The average Bonchev–Trinajstić information content (AvgIpc) is 2.46. The van der Waals surface area contributed by atoms with Crippen molar-refractivity contribution in [3.05, 3.63) is 30.1 Å². The Hall–Kier alpha value is -1.66. The van der Waals surface area contributed by atoms with E-state index in [2.05, 4.69) is 5.43 Å². The van der Waals surface area contributed by atoms with E-state index >= 15 is 0 Å². The molecule has 0 aromatic heterocycles. The Morgan fingerprint density at radius 1 is 1.32 bits per heavy atom. The van der Waals surface area contributed by atoms with Crippen LogP contribution in [0.15, 0.2) is 24.3 Å². The lowest BCUT2D eigenvalue weighted by Crippen LogP contribution is -2.55. The van der Waals surface area contributed by atoms with Gasteiger partial charge in [-0.3, -0.25) is 15.1 Å². The van der Waals surface area contributed by atoms with E-state index in [0.717, 1.165) is 0 Å². The summed E-state index contributed by atoms with van der Waals surface area (Å²) >= 11 is 0. The maximum atomic E-state index is 13.7. The summed E-state index contributed by atoms with van der Waals surface area (Å²) < 4.78 is 13.7. The molecule has 5 nitrogen and oxygen atoms in total. The van der Waals surface area contributed by atoms with Gasteiger partial charge < -0.3 is 4.90 Å². The third kappa shape index (κ3) is 3.02. The SMILES string of the molecule is CC(C(=O)NN)N1CCN(c2ccccc2F)CC1. The smallest absolute Gasteiger partial charge is 0.250 e. The van der Waals surface area contributed by atoms with Crippen molar-refractivity contribution in [2.45, 2.75) is 13.0 Å². The number of nitrogens with one attached hydrogen (secondary N) is 1. The van der Waals surface area contributed by atoms with Crippen molar-refractivity contribution in [2.24, 2.45) is 5.84 Å². The van der Waals surface area contributed by atoms with Crippen molar-refractivity contribution in [2.75, 3.05) is 31.1 Å². The van der Waals surface area contributed by atoms with Gasteiger partial charge in [-0.1, -0.05) is 12.1 Å². The maximum absolute atomic E-state index is 13.7. The van der Waals surface area contributed by atoms with Crippen LogP contribution in [0.25, 0.3) is 0 Å². The molecule has 0 saturated carbocycles. The molecule has 0 radical (unpaired) electrons. The van der Waals surface area contributed by atoms with Crippen molar-refractivity contribution in [3.8, 4) is 0 Å². The number of para-hydroxylation sites is 1. The first-order chi connectivity index (χ1) is 9.13. The molecule has 6 heteroatoms. The highest BCUT2D eigenvalue weighted by molar-refractivity contribution is 5.80. The molecule has 19 heavy (non-hydrogen) atoms. The number of rotatable bonds is 3. The summed E-state index contributed by atoms with van der Waals surface area (Å²) in [4.78, 5) is 15.5. The van der Waals surface area contributed by atoms with Crippen molar-refractivity contribution in [1.82, 2.24) is 10.3 Å². The number of nitrogens with two attached hydrogens (primary N) is 1. The third-order valence-corrected chi connectivity index (χ3v) is 3.58. The molecule has 3 N–H and O–H groups in total. The number of hydrazine groups is 1. The van der Waals surface area contributed by atoms with Crippen LogP contribution in [0.2, 0.25) is 0 Å². The van der Waals surface area contributed by atoms with Crippen LogP contribution in [0, 0.1) is 5.82 Å². The summed E-state index contributed by atoms with van der Waals surface area (Å²) in [5.41, 5.74) is 2.78. The van der Waals surface area contributed by atoms with Gasteiger partial charge in [0.2, 0.25) is 0 Å². The number of piperazine rings is 1. The number of nitrogens with zero attached hydrogens (tertiary/aromatic N) is 2. The van der Waals surface area contributed by atoms with Gasteiger partial charge in [0.25, 0.3) is 5.91 Å². The first-order valence-corrected chi connectivity index (χ1v) is 6.37. The second kappa shape index (κ2) is 5.99. The van der Waals surface area contributed by atoms with Gasteiger partial charge in [0.05, 0.1) is 11.7 Å². The second-order valence-corrected chi connectivity index (χ2v) is 4.66. The quantitative estimate of drug-likeness (QED) is 0.470. The molecule has 104 valence electrons. The van der Waals surface area contributed by atoms with Crippen LogP contribution in [0.1, 0.15) is 6.92 Å². The average molecular weight is 266 g/mol. The van der Waals surface area contributed by atoms with E-state index < -0.39 is 0 Å². The Morgan fingerprint density at radius 3 is 2.53 bits per heavy atom. The summed E-state index contributed by atoms with van der Waals surface area (Å²) in [5.74, 6) is 4.73. The molecular formula is C13H19FN4O. The van der Waals surface area contributed by atoms with E-state index in [4.69, 9.17) is 5.84 Å². The molecule has 1 amide bonds. The highest BCUT2D eigenvalue weighted by Crippen LogP contribution is 2.20. The number of hydrogen-bond acceptors (Lipinski definition) is 4. The zero-order chi connectivity index (χ0) is 13.8. The van der Waals surface area contributed by atoms with Crippen LogP contribution in [-0.2, 0) is 4.79 Å². The molecule has 2 rings (SSSR count). The molecule has 0 aliphatic carbocycles. The number of hydrogen-bond donors (Lipinski definition) is 2. The highest BCUT2D eigenvalue weighted by atomic mass is 19.1. The van der Waals surface area contributed by atoms with Gasteiger partial charge in [-0.15, -0.1) is 0 Å². The normalized spacial score (nSPS) is 18.2. The summed E-state index contributed by atoms with van der Waals surface area (Å²) in [6, 6.07) is 6.50. The monoisotopic (exact) mass is 266 g/mol. The predicted octanol–water partition coefficient (Wildman–Crippen LogP) is 0.326. The highest BCUT2D eigenvalue weighted by Gasteiger charge is 2.25. The standard InChI is InChI=1S/C13H19FN4O/c1-10(13(19)16-15)17-6-8-18(9-7-17)12-5-3-2-4-11(12)14/h2-5,10H,6-9,15H2,1H3,(H,16,19). The minimum Gasteiger partial charge on any atom is -0.367 e. The molecule has 0 bridgehead atoms. The Labute approximate surface area is 112 Å². The largest absolute Gasteiger partial charge is 0.367 e. The van der Waals surface area contributed by atoms with Gasteiger partial charge in [-0.2, -0.15) is 0 Å². The first kappa shape index (κ1) is 13.8. The van der Waals surface area contributed by atoms with Crippen LogP contribution < -0.4 is 16.2 Å². The van der Waals surface area contributed by atoms with E-state index in [1.54, 1.807) is 12.1 Å².